The van der Waals surface area contributed by atoms with Crippen LogP contribution in [0.15, 0.2) is 35.2 Å². The summed E-state index contributed by atoms with van der Waals surface area (Å²) in [6.07, 6.45) is 7.07. The van der Waals surface area contributed by atoms with Gasteiger partial charge in [0, 0.05) is 23.2 Å². The molecule has 2 fully saturated rings. The molecule has 3 rings (SSSR count). The average molecular weight is 305 g/mol. The van der Waals surface area contributed by atoms with Crippen molar-refractivity contribution in [3.05, 3.63) is 30.3 Å². The quantitative estimate of drug-likeness (QED) is 0.765. The van der Waals surface area contributed by atoms with Crippen molar-refractivity contribution in [3.63, 3.8) is 0 Å². The second-order valence-corrected chi connectivity index (χ2v) is 7.50. The first-order valence-electron chi connectivity index (χ1n) is 8.56. The summed E-state index contributed by atoms with van der Waals surface area (Å²) in [6, 6.07) is 11.7. The second-order valence-electron chi connectivity index (χ2n) is 6.33. The number of piperidine rings is 2. The van der Waals surface area contributed by atoms with Crippen molar-refractivity contribution in [2.75, 3.05) is 38.5 Å². The minimum absolute atomic E-state index is 0.878. The maximum Gasteiger partial charge on any atom is 0.0120 e. The van der Waals surface area contributed by atoms with Crippen molar-refractivity contribution in [2.24, 2.45) is 0 Å². The number of hydrogen-bond acceptors (Lipinski definition) is 3. The number of hydrogen-bond donors (Lipinski definition) is 0. The van der Waals surface area contributed by atoms with Gasteiger partial charge in [-0.1, -0.05) is 24.6 Å². The molecular formula is C18H28N2S. The van der Waals surface area contributed by atoms with Crippen molar-refractivity contribution in [2.45, 2.75) is 43.0 Å². The van der Waals surface area contributed by atoms with Crippen LogP contribution in [-0.2, 0) is 0 Å². The van der Waals surface area contributed by atoms with E-state index in [0.29, 0.717) is 0 Å². The van der Waals surface area contributed by atoms with Crippen LogP contribution in [0, 0.1) is 0 Å². The Hall–Kier alpha value is -0.510. The number of thioether (sulfide) groups is 1. The molecule has 0 amide bonds. The molecule has 0 N–H and O–H groups in total. The van der Waals surface area contributed by atoms with Gasteiger partial charge >= 0.3 is 0 Å². The highest BCUT2D eigenvalue weighted by Gasteiger charge is 2.25. The van der Waals surface area contributed by atoms with Crippen molar-refractivity contribution >= 4 is 11.8 Å². The van der Waals surface area contributed by atoms with Crippen LogP contribution in [-0.4, -0.2) is 54.3 Å². The van der Waals surface area contributed by atoms with Crippen LogP contribution in [0.25, 0.3) is 0 Å². The van der Waals surface area contributed by atoms with Gasteiger partial charge in [-0.05, 0) is 64.0 Å². The summed E-state index contributed by atoms with van der Waals surface area (Å²) in [7, 11) is 0. The van der Waals surface area contributed by atoms with Crippen LogP contribution in [0.5, 0.6) is 0 Å². The summed E-state index contributed by atoms with van der Waals surface area (Å²) >= 11 is 1.99. The highest BCUT2D eigenvalue weighted by molar-refractivity contribution is 7.99. The van der Waals surface area contributed by atoms with E-state index in [4.69, 9.17) is 0 Å². The standard InChI is InChI=1S/C18H28N2S/c1-3-7-18(8-4-1)21-16-15-19-13-9-17(10-14-19)20-11-5-2-6-12-20/h1,3-4,7-8,17H,2,5-6,9-16H2. The summed E-state index contributed by atoms with van der Waals surface area (Å²) in [5.41, 5.74) is 0. The smallest absolute Gasteiger partial charge is 0.0120 e. The number of benzene rings is 1. The van der Waals surface area contributed by atoms with E-state index in [1.807, 2.05) is 11.8 Å². The Labute approximate surface area is 133 Å². The van der Waals surface area contributed by atoms with Gasteiger partial charge in [0.1, 0.15) is 0 Å². The lowest BCUT2D eigenvalue weighted by atomic mass is 10.00. The molecule has 0 unspecified atom stereocenters. The molecule has 0 saturated carbocycles. The molecule has 0 aromatic heterocycles. The average Bonchev–Trinajstić information content (AvgIpc) is 2.57. The molecule has 2 heterocycles. The first-order chi connectivity index (χ1) is 10.4. The first-order valence-corrected chi connectivity index (χ1v) is 9.54. The van der Waals surface area contributed by atoms with Gasteiger partial charge in [0.05, 0.1) is 0 Å². The third-order valence-corrected chi connectivity index (χ3v) is 5.88. The monoisotopic (exact) mass is 304 g/mol. The molecule has 21 heavy (non-hydrogen) atoms. The van der Waals surface area contributed by atoms with Crippen LogP contribution in [0.4, 0.5) is 0 Å². The predicted molar refractivity (Wildman–Crippen MR) is 92.1 cm³/mol. The molecule has 1 aromatic rings. The molecule has 2 aliphatic heterocycles. The maximum atomic E-state index is 2.76. The zero-order chi connectivity index (χ0) is 14.3. The van der Waals surface area contributed by atoms with Gasteiger partial charge in [-0.2, -0.15) is 0 Å². The molecule has 2 saturated heterocycles. The summed E-state index contributed by atoms with van der Waals surface area (Å²) < 4.78 is 0. The molecule has 0 aliphatic carbocycles. The lowest BCUT2D eigenvalue weighted by Gasteiger charge is -2.40. The Balaban J connectivity index is 1.34. The molecule has 116 valence electrons. The lowest BCUT2D eigenvalue weighted by Crippen LogP contribution is -2.47. The summed E-state index contributed by atoms with van der Waals surface area (Å²) in [4.78, 5) is 6.83. The van der Waals surface area contributed by atoms with Gasteiger partial charge in [-0.15, -0.1) is 11.8 Å². The Morgan fingerprint density at radius 1 is 0.905 bits per heavy atom. The molecule has 0 bridgehead atoms. The highest BCUT2D eigenvalue weighted by atomic mass is 32.2. The van der Waals surface area contributed by atoms with E-state index in [0.717, 1.165) is 6.04 Å². The third-order valence-electron chi connectivity index (χ3n) is 4.88. The number of likely N-dealkylation sites (tertiary alicyclic amines) is 2. The molecule has 2 aliphatic rings. The molecule has 0 atom stereocenters. The van der Waals surface area contributed by atoms with Crippen molar-refractivity contribution < 1.29 is 0 Å². The number of rotatable bonds is 5. The Morgan fingerprint density at radius 3 is 2.33 bits per heavy atom. The van der Waals surface area contributed by atoms with Crippen LogP contribution >= 0.6 is 11.8 Å². The van der Waals surface area contributed by atoms with E-state index in [1.54, 1.807) is 0 Å². The summed E-state index contributed by atoms with van der Waals surface area (Å²) in [5, 5.41) is 0. The zero-order valence-corrected chi connectivity index (χ0v) is 13.9. The Kier molecular flexibility index (Phi) is 6.02. The highest BCUT2D eigenvalue weighted by Crippen LogP contribution is 2.22. The van der Waals surface area contributed by atoms with E-state index < -0.39 is 0 Å². The lowest BCUT2D eigenvalue weighted by molar-refractivity contribution is 0.0954. The fourth-order valence-corrected chi connectivity index (χ4v) is 4.54. The first kappa shape index (κ1) is 15.4. The third kappa shape index (κ3) is 4.73. The van der Waals surface area contributed by atoms with Gasteiger partial charge < -0.3 is 9.80 Å². The largest absolute Gasteiger partial charge is 0.302 e. The molecule has 0 spiro atoms. The SMILES string of the molecule is c1ccc(SCCN2CCC(N3CCCCC3)CC2)cc1. The predicted octanol–water partition coefficient (Wildman–Crippen LogP) is 3.73. The molecule has 1 aromatic carbocycles. The van der Waals surface area contributed by atoms with Crippen LogP contribution < -0.4 is 0 Å². The minimum atomic E-state index is 0.878. The van der Waals surface area contributed by atoms with Crippen LogP contribution in [0.1, 0.15) is 32.1 Å². The fourth-order valence-electron chi connectivity index (χ4n) is 3.60. The van der Waals surface area contributed by atoms with Gasteiger partial charge in [0.25, 0.3) is 0 Å². The molecule has 3 heteroatoms. The van der Waals surface area contributed by atoms with E-state index in [9.17, 15) is 0 Å². The van der Waals surface area contributed by atoms with Crippen molar-refractivity contribution in [1.29, 1.82) is 0 Å². The normalized spacial score (nSPS) is 22.5. The van der Waals surface area contributed by atoms with Crippen molar-refractivity contribution in [1.82, 2.24) is 9.80 Å². The van der Waals surface area contributed by atoms with Gasteiger partial charge in [0.15, 0.2) is 0 Å². The minimum Gasteiger partial charge on any atom is -0.302 e. The molecule has 0 radical (unpaired) electrons. The zero-order valence-electron chi connectivity index (χ0n) is 13.0. The fraction of sp³-hybridized carbons (Fsp3) is 0.667. The van der Waals surface area contributed by atoms with Gasteiger partial charge in [0.2, 0.25) is 0 Å². The van der Waals surface area contributed by atoms with Crippen LogP contribution in [0.3, 0.4) is 0 Å². The van der Waals surface area contributed by atoms with Gasteiger partial charge in [-0.25, -0.2) is 0 Å². The Morgan fingerprint density at radius 2 is 1.62 bits per heavy atom. The summed E-state index contributed by atoms with van der Waals surface area (Å²) in [6.45, 7) is 6.56. The van der Waals surface area contributed by atoms with Gasteiger partial charge in [-0.3, -0.25) is 0 Å². The Bertz CT molecular complexity index is 395. The molecular weight excluding hydrogens is 276 g/mol. The van der Waals surface area contributed by atoms with E-state index >= 15 is 0 Å². The van der Waals surface area contributed by atoms with E-state index in [2.05, 4.69) is 40.1 Å². The molecule has 2 nitrogen and oxygen atoms in total. The van der Waals surface area contributed by atoms with E-state index in [1.165, 1.54) is 75.5 Å². The topological polar surface area (TPSA) is 6.48 Å². The van der Waals surface area contributed by atoms with E-state index in [-0.39, 0.29) is 0 Å². The number of nitrogens with zero attached hydrogens (tertiary/aromatic N) is 2. The van der Waals surface area contributed by atoms with Crippen molar-refractivity contribution in [3.8, 4) is 0 Å². The maximum absolute atomic E-state index is 2.76. The van der Waals surface area contributed by atoms with Crippen LogP contribution in [0.2, 0.25) is 0 Å². The second kappa shape index (κ2) is 8.21. The summed E-state index contributed by atoms with van der Waals surface area (Å²) in [5.74, 6) is 1.22.